The molecule has 1 amide bonds. The summed E-state index contributed by atoms with van der Waals surface area (Å²) < 4.78 is 0. The maximum absolute atomic E-state index is 11.7. The fourth-order valence-corrected chi connectivity index (χ4v) is 2.33. The summed E-state index contributed by atoms with van der Waals surface area (Å²) in [7, 11) is 0. The highest BCUT2D eigenvalue weighted by molar-refractivity contribution is 7.13. The fraction of sp³-hybridized carbons (Fsp3) is 0.556. The van der Waals surface area contributed by atoms with Crippen LogP contribution in [-0.4, -0.2) is 27.2 Å². The second-order valence-electron chi connectivity index (χ2n) is 3.78. The van der Waals surface area contributed by atoms with E-state index in [1.54, 1.807) is 0 Å². The van der Waals surface area contributed by atoms with Crippen molar-refractivity contribution in [1.82, 2.24) is 10.2 Å². The lowest BCUT2D eigenvalue weighted by atomic mass is 10.0. The number of carboxylic acid groups (broad SMARTS) is 1. The van der Waals surface area contributed by atoms with Gasteiger partial charge in [-0.15, -0.1) is 10.2 Å². The number of carbonyl (C=O) groups is 2. The third-order valence-electron chi connectivity index (χ3n) is 2.74. The van der Waals surface area contributed by atoms with Crippen molar-refractivity contribution in [1.29, 1.82) is 0 Å². The molecule has 0 spiro atoms. The molecule has 0 aromatic carbocycles. The minimum Gasteiger partial charge on any atom is -0.481 e. The van der Waals surface area contributed by atoms with Crippen LogP contribution in [0.4, 0.5) is 5.13 Å². The number of aliphatic carboxylic acids is 1. The second kappa shape index (κ2) is 4.56. The number of carboxylic acids is 1. The molecule has 86 valence electrons. The van der Waals surface area contributed by atoms with E-state index in [4.69, 9.17) is 5.11 Å². The molecule has 1 heterocycles. The van der Waals surface area contributed by atoms with Crippen LogP contribution in [0.15, 0.2) is 5.51 Å². The smallest absolute Gasteiger partial charge is 0.306 e. The standard InChI is InChI=1S/C9H11N3O3S/c13-7(11-9-12-10-4-16-9)5-1-2-6(3-5)8(14)15/h4-6H,1-3H2,(H,14,15)(H,11,12,13)/t5-,6+/m1/s1. The fourth-order valence-electron chi connectivity index (χ4n) is 1.88. The lowest BCUT2D eigenvalue weighted by molar-refractivity contribution is -0.141. The molecule has 2 N–H and O–H groups in total. The van der Waals surface area contributed by atoms with Crippen molar-refractivity contribution in [3.8, 4) is 0 Å². The van der Waals surface area contributed by atoms with E-state index in [2.05, 4.69) is 15.5 Å². The van der Waals surface area contributed by atoms with Gasteiger partial charge in [-0.1, -0.05) is 11.3 Å². The number of amides is 1. The molecule has 0 bridgehead atoms. The van der Waals surface area contributed by atoms with Crippen LogP contribution in [0.3, 0.4) is 0 Å². The van der Waals surface area contributed by atoms with E-state index >= 15 is 0 Å². The summed E-state index contributed by atoms with van der Waals surface area (Å²) in [6, 6.07) is 0. The van der Waals surface area contributed by atoms with E-state index in [-0.39, 0.29) is 17.7 Å². The zero-order valence-corrected chi connectivity index (χ0v) is 9.24. The van der Waals surface area contributed by atoms with Crippen molar-refractivity contribution in [2.45, 2.75) is 19.3 Å². The van der Waals surface area contributed by atoms with E-state index < -0.39 is 5.97 Å². The summed E-state index contributed by atoms with van der Waals surface area (Å²) in [5, 5.41) is 19.2. The second-order valence-corrected chi connectivity index (χ2v) is 4.61. The van der Waals surface area contributed by atoms with E-state index in [0.29, 0.717) is 24.4 Å². The highest BCUT2D eigenvalue weighted by Crippen LogP contribution is 2.31. The quantitative estimate of drug-likeness (QED) is 0.822. The van der Waals surface area contributed by atoms with Gasteiger partial charge in [0.2, 0.25) is 11.0 Å². The van der Waals surface area contributed by atoms with Gasteiger partial charge in [-0.2, -0.15) is 0 Å². The maximum Gasteiger partial charge on any atom is 0.306 e. The Morgan fingerprint density at radius 3 is 2.75 bits per heavy atom. The molecule has 0 unspecified atom stereocenters. The third kappa shape index (κ3) is 2.35. The molecule has 1 aromatic rings. The van der Waals surface area contributed by atoms with Gasteiger partial charge in [0.15, 0.2) is 0 Å². The van der Waals surface area contributed by atoms with Gasteiger partial charge in [0.1, 0.15) is 5.51 Å². The van der Waals surface area contributed by atoms with Crippen LogP contribution in [0.2, 0.25) is 0 Å². The predicted molar refractivity (Wildman–Crippen MR) is 57.0 cm³/mol. The highest BCUT2D eigenvalue weighted by atomic mass is 32.1. The van der Waals surface area contributed by atoms with E-state index in [0.717, 1.165) is 0 Å². The Kier molecular flexibility index (Phi) is 3.14. The Bertz CT molecular complexity index is 393. The van der Waals surface area contributed by atoms with Crippen LogP contribution >= 0.6 is 11.3 Å². The van der Waals surface area contributed by atoms with Gasteiger partial charge in [0, 0.05) is 5.92 Å². The largest absolute Gasteiger partial charge is 0.481 e. The minimum absolute atomic E-state index is 0.152. The minimum atomic E-state index is -0.814. The molecule has 0 saturated heterocycles. The van der Waals surface area contributed by atoms with Crippen LogP contribution in [-0.2, 0) is 9.59 Å². The molecular formula is C9H11N3O3S. The van der Waals surface area contributed by atoms with Crippen LogP contribution in [0, 0.1) is 11.8 Å². The van der Waals surface area contributed by atoms with Crippen molar-refractivity contribution in [2.24, 2.45) is 11.8 Å². The van der Waals surface area contributed by atoms with E-state index in [9.17, 15) is 9.59 Å². The molecule has 7 heteroatoms. The highest BCUT2D eigenvalue weighted by Gasteiger charge is 2.33. The molecule has 1 aliphatic carbocycles. The Hall–Kier alpha value is -1.50. The van der Waals surface area contributed by atoms with Crippen molar-refractivity contribution < 1.29 is 14.7 Å². The molecule has 2 rings (SSSR count). The average molecular weight is 241 g/mol. The van der Waals surface area contributed by atoms with Gasteiger partial charge in [-0.3, -0.25) is 9.59 Å². The van der Waals surface area contributed by atoms with Crippen molar-refractivity contribution in [3.05, 3.63) is 5.51 Å². The van der Waals surface area contributed by atoms with Gasteiger partial charge < -0.3 is 10.4 Å². The summed E-state index contributed by atoms with van der Waals surface area (Å²) in [4.78, 5) is 22.5. The molecule has 0 aliphatic heterocycles. The molecule has 6 nitrogen and oxygen atoms in total. The lowest BCUT2D eigenvalue weighted by Crippen LogP contribution is -2.21. The summed E-state index contributed by atoms with van der Waals surface area (Å²) in [6.45, 7) is 0. The van der Waals surface area contributed by atoms with E-state index in [1.165, 1.54) is 16.8 Å². The molecule has 2 atom stereocenters. The Balaban J connectivity index is 1.90. The number of anilines is 1. The zero-order chi connectivity index (χ0) is 11.5. The normalized spacial score (nSPS) is 24.2. The molecule has 1 aromatic heterocycles. The van der Waals surface area contributed by atoms with Gasteiger partial charge in [-0.25, -0.2) is 0 Å². The summed E-state index contributed by atoms with van der Waals surface area (Å²) in [5.41, 5.74) is 1.53. The first-order chi connectivity index (χ1) is 7.66. The summed E-state index contributed by atoms with van der Waals surface area (Å²) in [5.74, 6) is -1.57. The number of nitrogens with one attached hydrogen (secondary N) is 1. The summed E-state index contributed by atoms with van der Waals surface area (Å²) in [6.07, 6.45) is 1.62. The average Bonchev–Trinajstić information content (AvgIpc) is 2.86. The number of nitrogens with zero attached hydrogens (tertiary/aromatic N) is 2. The third-order valence-corrected chi connectivity index (χ3v) is 3.35. The number of hydrogen-bond donors (Lipinski definition) is 2. The first-order valence-corrected chi connectivity index (χ1v) is 5.84. The van der Waals surface area contributed by atoms with Crippen LogP contribution in [0.25, 0.3) is 0 Å². The van der Waals surface area contributed by atoms with Crippen LogP contribution in [0.1, 0.15) is 19.3 Å². The monoisotopic (exact) mass is 241 g/mol. The molecule has 1 fully saturated rings. The van der Waals surface area contributed by atoms with Crippen LogP contribution < -0.4 is 5.32 Å². The van der Waals surface area contributed by atoms with E-state index in [1.807, 2.05) is 0 Å². The van der Waals surface area contributed by atoms with Gasteiger partial charge >= 0.3 is 5.97 Å². The van der Waals surface area contributed by atoms with Crippen molar-refractivity contribution >= 4 is 28.3 Å². The van der Waals surface area contributed by atoms with Crippen molar-refractivity contribution in [3.63, 3.8) is 0 Å². The Morgan fingerprint density at radius 1 is 1.44 bits per heavy atom. The number of rotatable bonds is 3. The lowest BCUT2D eigenvalue weighted by Gasteiger charge is -2.07. The maximum atomic E-state index is 11.7. The topological polar surface area (TPSA) is 92.2 Å². The molecule has 16 heavy (non-hydrogen) atoms. The molecule has 1 saturated carbocycles. The van der Waals surface area contributed by atoms with Gasteiger partial charge in [-0.05, 0) is 19.3 Å². The van der Waals surface area contributed by atoms with Gasteiger partial charge in [0.05, 0.1) is 5.92 Å². The summed E-state index contributed by atoms with van der Waals surface area (Å²) >= 11 is 1.25. The predicted octanol–water partition coefficient (Wildman–Crippen LogP) is 0.977. The molecular weight excluding hydrogens is 230 g/mol. The van der Waals surface area contributed by atoms with Crippen molar-refractivity contribution in [2.75, 3.05) is 5.32 Å². The zero-order valence-electron chi connectivity index (χ0n) is 8.42. The first-order valence-electron chi connectivity index (χ1n) is 4.96. The van der Waals surface area contributed by atoms with Gasteiger partial charge in [0.25, 0.3) is 0 Å². The number of hydrogen-bond acceptors (Lipinski definition) is 5. The molecule has 1 aliphatic rings. The Morgan fingerprint density at radius 2 is 2.19 bits per heavy atom. The number of carbonyl (C=O) groups excluding carboxylic acids is 1. The molecule has 0 radical (unpaired) electrons. The van der Waals surface area contributed by atoms with Crippen LogP contribution in [0.5, 0.6) is 0 Å². The Labute approximate surface area is 95.7 Å². The SMILES string of the molecule is O=C(O)[C@H]1CC[C@@H](C(=O)Nc2nncs2)C1. The number of aromatic nitrogens is 2. The first kappa shape index (κ1) is 11.0.